The molecule has 0 fully saturated rings. The van der Waals surface area contributed by atoms with E-state index < -0.39 is 11.6 Å². The molecule has 0 aliphatic heterocycles. The van der Waals surface area contributed by atoms with Crippen molar-refractivity contribution in [3.05, 3.63) is 52.4 Å². The van der Waals surface area contributed by atoms with Gasteiger partial charge >= 0.3 is 5.69 Å². The molecule has 180 valence electrons. The summed E-state index contributed by atoms with van der Waals surface area (Å²) in [6.07, 6.45) is 1.30. The average molecular weight is 469 g/mol. The smallest absolute Gasteiger partial charge is 0.348 e. The van der Waals surface area contributed by atoms with E-state index in [9.17, 15) is 24.6 Å². The maximum absolute atomic E-state index is 12.5. The zero-order chi connectivity index (χ0) is 24.8. The van der Waals surface area contributed by atoms with Gasteiger partial charge in [0.15, 0.2) is 5.82 Å². The van der Waals surface area contributed by atoms with Crippen molar-refractivity contribution < 1.29 is 25.0 Å². The molecule has 11 nitrogen and oxygen atoms in total. The second-order valence-corrected chi connectivity index (χ2v) is 8.11. The van der Waals surface area contributed by atoms with Crippen molar-refractivity contribution in [1.82, 2.24) is 20.2 Å². The molecule has 3 aromatic rings. The molecule has 1 aromatic heterocycles. The normalized spacial score (nSPS) is 10.9. The molecular weight excluding hydrogens is 442 g/mol. The maximum atomic E-state index is 12.5. The minimum absolute atomic E-state index is 0.0202. The second-order valence-electron chi connectivity index (χ2n) is 8.11. The number of aromatic amines is 1. The van der Waals surface area contributed by atoms with Crippen LogP contribution in [0.3, 0.4) is 0 Å². The van der Waals surface area contributed by atoms with Gasteiger partial charge < -0.3 is 15.5 Å². The summed E-state index contributed by atoms with van der Waals surface area (Å²) in [4.78, 5) is 35.6. The van der Waals surface area contributed by atoms with Crippen molar-refractivity contribution in [2.75, 3.05) is 5.32 Å². The molecule has 0 aliphatic rings. The molecule has 1 heterocycles. The van der Waals surface area contributed by atoms with Crippen LogP contribution in [0.1, 0.15) is 51.0 Å². The van der Waals surface area contributed by atoms with Gasteiger partial charge in [-0.25, -0.2) is 19.9 Å². The van der Waals surface area contributed by atoms with E-state index in [0.717, 1.165) is 0 Å². The molecule has 0 spiro atoms. The van der Waals surface area contributed by atoms with E-state index in [1.54, 1.807) is 35.8 Å². The van der Waals surface area contributed by atoms with Crippen LogP contribution < -0.4 is 16.5 Å². The van der Waals surface area contributed by atoms with Crippen molar-refractivity contribution in [2.45, 2.75) is 45.4 Å². The lowest BCUT2D eigenvalue weighted by Gasteiger charge is -2.13. The molecular formula is C23H27N5O6. The lowest BCUT2D eigenvalue weighted by Crippen LogP contribution is -2.18. The van der Waals surface area contributed by atoms with Crippen molar-refractivity contribution in [2.24, 2.45) is 0 Å². The Morgan fingerprint density at radius 1 is 1.03 bits per heavy atom. The van der Waals surface area contributed by atoms with Gasteiger partial charge in [-0.15, -0.1) is 0 Å². The van der Waals surface area contributed by atoms with Crippen LogP contribution in [-0.2, 0) is 9.59 Å². The summed E-state index contributed by atoms with van der Waals surface area (Å²) in [6.45, 7) is 3.79. The summed E-state index contributed by atoms with van der Waals surface area (Å²) < 4.78 is 1.29. The number of aromatic nitrogens is 3. The third-order valence-electron chi connectivity index (χ3n) is 5.27. The number of carbonyl (C=O) groups excluding carboxylic acids is 2. The standard InChI is InChI=1S/C23H27N5O6/c1-13(2)16-11-17(19(30)12-18(16)29)22-25-26-23(33)28(22)15-9-7-14(8-10-15)24-20(31)5-3-4-6-21(32)27-34/h7-13,29-30,34H,3-6H2,1-2H3,(H,24,31)(H,26,33)(H,27,32). The number of hydrogen-bond acceptors (Lipinski definition) is 7. The number of phenols is 2. The SMILES string of the molecule is CC(C)c1cc(-c2n[nH]c(=O)n2-c2ccc(NC(=O)CCCCC(=O)NO)cc2)c(O)cc1O. The minimum atomic E-state index is -0.516. The van der Waals surface area contributed by atoms with Crippen LogP contribution in [0.5, 0.6) is 11.5 Å². The predicted octanol–water partition coefficient (Wildman–Crippen LogP) is 2.77. The van der Waals surface area contributed by atoms with Gasteiger partial charge in [-0.3, -0.25) is 14.8 Å². The Bertz CT molecular complexity index is 1230. The van der Waals surface area contributed by atoms with E-state index in [1.165, 1.54) is 10.6 Å². The number of hydroxylamine groups is 1. The van der Waals surface area contributed by atoms with Crippen LogP contribution in [-0.4, -0.2) is 42.0 Å². The number of nitrogens with one attached hydrogen (secondary N) is 3. The third kappa shape index (κ3) is 5.62. The number of aromatic hydroxyl groups is 2. The Morgan fingerprint density at radius 2 is 1.68 bits per heavy atom. The van der Waals surface area contributed by atoms with Gasteiger partial charge in [-0.1, -0.05) is 13.8 Å². The number of hydrogen-bond donors (Lipinski definition) is 6. The number of benzene rings is 2. The fourth-order valence-electron chi connectivity index (χ4n) is 3.50. The summed E-state index contributed by atoms with van der Waals surface area (Å²) in [7, 11) is 0. The van der Waals surface area contributed by atoms with Gasteiger partial charge in [0, 0.05) is 24.6 Å². The Kier molecular flexibility index (Phi) is 7.69. The number of H-pyrrole nitrogens is 1. The summed E-state index contributed by atoms with van der Waals surface area (Å²) in [5.74, 6) is -0.833. The molecule has 3 rings (SSSR count). The zero-order valence-electron chi connectivity index (χ0n) is 18.8. The first-order valence-corrected chi connectivity index (χ1v) is 10.8. The number of amides is 2. The Labute approximate surface area is 195 Å². The highest BCUT2D eigenvalue weighted by Crippen LogP contribution is 2.37. The molecule has 2 aromatic carbocycles. The van der Waals surface area contributed by atoms with Crippen LogP contribution in [0.25, 0.3) is 17.1 Å². The molecule has 11 heteroatoms. The van der Waals surface area contributed by atoms with Crippen molar-refractivity contribution in [1.29, 1.82) is 0 Å². The highest BCUT2D eigenvalue weighted by Gasteiger charge is 2.19. The van der Waals surface area contributed by atoms with E-state index in [1.807, 2.05) is 13.8 Å². The summed E-state index contributed by atoms with van der Waals surface area (Å²) in [6, 6.07) is 9.34. The lowest BCUT2D eigenvalue weighted by atomic mass is 9.98. The number of rotatable bonds is 9. The largest absolute Gasteiger partial charge is 0.508 e. The van der Waals surface area contributed by atoms with Crippen LogP contribution >= 0.6 is 0 Å². The van der Waals surface area contributed by atoms with Gasteiger partial charge in [0.05, 0.1) is 11.3 Å². The number of phenolic OH excluding ortho intramolecular Hbond substituents is 2. The van der Waals surface area contributed by atoms with Gasteiger partial charge in [-0.2, -0.15) is 5.10 Å². The number of carbonyl (C=O) groups is 2. The second kappa shape index (κ2) is 10.7. The number of unbranched alkanes of at least 4 members (excludes halogenated alkanes) is 1. The zero-order valence-corrected chi connectivity index (χ0v) is 18.8. The fraction of sp³-hybridized carbons (Fsp3) is 0.304. The van der Waals surface area contributed by atoms with E-state index in [0.29, 0.717) is 29.8 Å². The van der Waals surface area contributed by atoms with Crippen LogP contribution in [0.2, 0.25) is 0 Å². The first kappa shape index (κ1) is 24.5. The quantitative estimate of drug-likeness (QED) is 0.159. The molecule has 0 bridgehead atoms. The van der Waals surface area contributed by atoms with Gasteiger partial charge in [0.1, 0.15) is 11.5 Å². The molecule has 6 N–H and O–H groups in total. The summed E-state index contributed by atoms with van der Waals surface area (Å²) in [5, 5.41) is 38.1. The summed E-state index contributed by atoms with van der Waals surface area (Å²) in [5.41, 5.74) is 2.90. The van der Waals surface area contributed by atoms with Crippen molar-refractivity contribution >= 4 is 17.5 Å². The van der Waals surface area contributed by atoms with E-state index in [-0.39, 0.29) is 47.6 Å². The van der Waals surface area contributed by atoms with E-state index in [4.69, 9.17) is 5.21 Å². The third-order valence-corrected chi connectivity index (χ3v) is 5.27. The Hall–Kier alpha value is -4.12. The van der Waals surface area contributed by atoms with Crippen LogP contribution in [0, 0.1) is 0 Å². The Balaban J connectivity index is 1.77. The molecule has 2 amide bonds. The first-order valence-electron chi connectivity index (χ1n) is 10.8. The maximum Gasteiger partial charge on any atom is 0.348 e. The monoisotopic (exact) mass is 469 g/mol. The molecule has 34 heavy (non-hydrogen) atoms. The van der Waals surface area contributed by atoms with Gasteiger partial charge in [0.25, 0.3) is 0 Å². The molecule has 0 aliphatic carbocycles. The highest BCUT2D eigenvalue weighted by molar-refractivity contribution is 5.90. The van der Waals surface area contributed by atoms with Gasteiger partial charge in [-0.05, 0) is 54.7 Å². The number of nitrogens with zero attached hydrogens (tertiary/aromatic N) is 2. The summed E-state index contributed by atoms with van der Waals surface area (Å²) >= 11 is 0. The van der Waals surface area contributed by atoms with Crippen LogP contribution in [0.15, 0.2) is 41.2 Å². The fourth-order valence-corrected chi connectivity index (χ4v) is 3.50. The molecule has 0 radical (unpaired) electrons. The molecule has 0 unspecified atom stereocenters. The molecule has 0 saturated heterocycles. The molecule has 0 atom stereocenters. The highest BCUT2D eigenvalue weighted by atomic mass is 16.5. The van der Waals surface area contributed by atoms with Gasteiger partial charge in [0.2, 0.25) is 11.8 Å². The lowest BCUT2D eigenvalue weighted by molar-refractivity contribution is -0.129. The predicted molar refractivity (Wildman–Crippen MR) is 124 cm³/mol. The van der Waals surface area contributed by atoms with Crippen LogP contribution in [0.4, 0.5) is 5.69 Å². The molecule has 0 saturated carbocycles. The minimum Gasteiger partial charge on any atom is -0.508 e. The van der Waals surface area contributed by atoms with Crippen molar-refractivity contribution in [3.8, 4) is 28.6 Å². The first-order chi connectivity index (χ1) is 16.2. The van der Waals surface area contributed by atoms with E-state index in [2.05, 4.69) is 15.5 Å². The average Bonchev–Trinajstić information content (AvgIpc) is 3.18. The number of anilines is 1. The van der Waals surface area contributed by atoms with Crippen molar-refractivity contribution in [3.63, 3.8) is 0 Å². The Morgan fingerprint density at radius 3 is 2.29 bits per heavy atom. The van der Waals surface area contributed by atoms with E-state index >= 15 is 0 Å². The topological polar surface area (TPSA) is 170 Å².